The highest BCUT2D eigenvalue weighted by molar-refractivity contribution is 6.05. The normalized spacial score (nSPS) is 11.1. The monoisotopic (exact) mass is 561 g/mol. The molecule has 13 nitrogen and oxygen atoms in total. The number of ether oxygens (including phenoxy) is 4. The lowest BCUT2D eigenvalue weighted by atomic mass is 10.1. The Bertz CT molecular complexity index is 1650. The molecule has 0 atom stereocenters. The molecular formula is C28H27N5O8. The van der Waals surface area contributed by atoms with Gasteiger partial charge in [-0.1, -0.05) is 0 Å². The second-order valence-corrected chi connectivity index (χ2v) is 8.56. The molecule has 212 valence electrons. The summed E-state index contributed by atoms with van der Waals surface area (Å²) in [6.45, 7) is 1.58. The number of carbonyl (C=O) groups excluding carboxylic acids is 1. The first-order valence-corrected chi connectivity index (χ1v) is 12.1. The number of hydrogen-bond donors (Lipinski definition) is 2. The number of methoxy groups -OCH3 is 4. The molecule has 0 aliphatic heterocycles. The molecule has 1 aromatic heterocycles. The Morgan fingerprint density at radius 3 is 2.05 bits per heavy atom. The SMILES string of the molecule is COc1ccc(-c2[nH]n(-c3ccc([N+](=O)[O-])cc3)c(=O)c2/C(C)=N/NC(=O)c2cc(OC)c(OC)c(OC)c2)cc1. The van der Waals surface area contributed by atoms with Crippen molar-refractivity contribution in [1.82, 2.24) is 15.2 Å². The topological polar surface area (TPSA) is 159 Å². The molecule has 41 heavy (non-hydrogen) atoms. The largest absolute Gasteiger partial charge is 0.497 e. The smallest absolute Gasteiger partial charge is 0.281 e. The van der Waals surface area contributed by atoms with E-state index in [1.165, 1.54) is 62.4 Å². The van der Waals surface area contributed by atoms with Crippen LogP contribution >= 0.6 is 0 Å². The molecule has 0 radical (unpaired) electrons. The molecule has 0 unspecified atom stereocenters. The van der Waals surface area contributed by atoms with Gasteiger partial charge in [0, 0.05) is 23.3 Å². The summed E-state index contributed by atoms with van der Waals surface area (Å²) in [6, 6.07) is 15.4. The lowest BCUT2D eigenvalue weighted by Crippen LogP contribution is -2.23. The first-order chi connectivity index (χ1) is 19.7. The zero-order valence-corrected chi connectivity index (χ0v) is 22.9. The Labute approximate surface area is 234 Å². The van der Waals surface area contributed by atoms with Gasteiger partial charge in [0.25, 0.3) is 17.2 Å². The van der Waals surface area contributed by atoms with Gasteiger partial charge in [0.05, 0.1) is 56.0 Å². The Balaban J connectivity index is 1.76. The predicted molar refractivity (Wildman–Crippen MR) is 151 cm³/mol. The van der Waals surface area contributed by atoms with Gasteiger partial charge in [0.2, 0.25) is 5.75 Å². The maximum Gasteiger partial charge on any atom is 0.281 e. The summed E-state index contributed by atoms with van der Waals surface area (Å²) in [5.74, 6) is 0.943. The predicted octanol–water partition coefficient (Wildman–Crippen LogP) is 3.93. The van der Waals surface area contributed by atoms with Crippen LogP contribution in [0.5, 0.6) is 23.0 Å². The third-order valence-electron chi connectivity index (χ3n) is 6.20. The van der Waals surface area contributed by atoms with E-state index in [-0.39, 0.29) is 34.0 Å². The number of aromatic amines is 1. The van der Waals surface area contributed by atoms with Crippen molar-refractivity contribution < 1.29 is 28.7 Å². The average Bonchev–Trinajstić information content (AvgIpc) is 3.35. The van der Waals surface area contributed by atoms with Crippen LogP contribution in [-0.2, 0) is 0 Å². The molecule has 1 heterocycles. The molecule has 0 fully saturated rings. The van der Waals surface area contributed by atoms with Crippen LogP contribution in [-0.4, -0.2) is 54.8 Å². The minimum atomic E-state index is -0.583. The van der Waals surface area contributed by atoms with E-state index < -0.39 is 16.4 Å². The Hall–Kier alpha value is -5.59. The first kappa shape index (κ1) is 28.4. The highest BCUT2D eigenvalue weighted by atomic mass is 16.6. The Kier molecular flexibility index (Phi) is 8.37. The number of nitrogens with zero attached hydrogens (tertiary/aromatic N) is 3. The number of amides is 1. The minimum absolute atomic E-state index is 0.115. The number of hydrogen-bond acceptors (Lipinski definition) is 9. The first-order valence-electron chi connectivity index (χ1n) is 12.1. The molecule has 13 heteroatoms. The van der Waals surface area contributed by atoms with E-state index in [0.717, 1.165) is 0 Å². The summed E-state index contributed by atoms with van der Waals surface area (Å²) >= 11 is 0. The van der Waals surface area contributed by atoms with E-state index in [2.05, 4.69) is 15.6 Å². The van der Waals surface area contributed by atoms with Gasteiger partial charge in [0.1, 0.15) is 5.75 Å². The van der Waals surface area contributed by atoms with Crippen LogP contribution in [0.15, 0.2) is 70.6 Å². The minimum Gasteiger partial charge on any atom is -0.497 e. The summed E-state index contributed by atoms with van der Waals surface area (Å²) < 4.78 is 22.4. The van der Waals surface area contributed by atoms with Crippen LogP contribution in [0.4, 0.5) is 5.69 Å². The van der Waals surface area contributed by atoms with E-state index in [1.54, 1.807) is 38.3 Å². The van der Waals surface area contributed by atoms with E-state index in [1.807, 2.05) is 0 Å². The van der Waals surface area contributed by atoms with Gasteiger partial charge in [-0.2, -0.15) is 5.10 Å². The third kappa shape index (κ3) is 5.73. The number of nitrogens with one attached hydrogen (secondary N) is 2. The van der Waals surface area contributed by atoms with Crippen molar-refractivity contribution in [2.24, 2.45) is 5.10 Å². The van der Waals surface area contributed by atoms with Crippen LogP contribution in [0.2, 0.25) is 0 Å². The molecule has 3 aromatic carbocycles. The van der Waals surface area contributed by atoms with Crippen LogP contribution in [0.3, 0.4) is 0 Å². The van der Waals surface area contributed by atoms with Crippen molar-refractivity contribution in [3.05, 3.63) is 92.3 Å². The summed E-state index contributed by atoms with van der Waals surface area (Å²) in [5.41, 5.74) is 3.88. The third-order valence-corrected chi connectivity index (χ3v) is 6.20. The Morgan fingerprint density at radius 2 is 1.54 bits per heavy atom. The van der Waals surface area contributed by atoms with Crippen molar-refractivity contribution >= 4 is 17.3 Å². The zero-order valence-electron chi connectivity index (χ0n) is 22.9. The molecule has 4 rings (SSSR count). The summed E-state index contributed by atoms with van der Waals surface area (Å²) in [4.78, 5) is 37.2. The fourth-order valence-corrected chi connectivity index (χ4v) is 4.11. The van der Waals surface area contributed by atoms with Crippen LogP contribution in [0.25, 0.3) is 16.9 Å². The molecule has 0 bridgehead atoms. The van der Waals surface area contributed by atoms with E-state index in [0.29, 0.717) is 28.4 Å². The molecule has 0 aliphatic rings. The number of aromatic nitrogens is 2. The highest BCUT2D eigenvalue weighted by Gasteiger charge is 2.21. The van der Waals surface area contributed by atoms with Gasteiger partial charge in [-0.15, -0.1) is 0 Å². The molecule has 2 N–H and O–H groups in total. The molecular weight excluding hydrogens is 534 g/mol. The number of benzene rings is 3. The van der Waals surface area contributed by atoms with Crippen LogP contribution in [0, 0.1) is 10.1 Å². The van der Waals surface area contributed by atoms with Gasteiger partial charge in [-0.3, -0.25) is 24.8 Å². The maximum absolute atomic E-state index is 13.6. The van der Waals surface area contributed by atoms with E-state index in [4.69, 9.17) is 18.9 Å². The Morgan fingerprint density at radius 1 is 0.927 bits per heavy atom. The van der Waals surface area contributed by atoms with E-state index in [9.17, 15) is 19.7 Å². The molecule has 1 amide bonds. The number of non-ortho nitro benzene ring substituents is 1. The van der Waals surface area contributed by atoms with Gasteiger partial charge >= 0.3 is 0 Å². The van der Waals surface area contributed by atoms with Gasteiger partial charge in [0.15, 0.2) is 11.5 Å². The van der Waals surface area contributed by atoms with Crippen molar-refractivity contribution in [1.29, 1.82) is 0 Å². The standard InChI is InChI=1S/C28H27N5O8/c1-16(29-30-27(34)18-14-22(39-3)26(41-5)23(15-18)40-4)24-25(17-6-12-21(38-2)13-7-17)31-32(28(24)35)19-8-10-20(11-9-19)33(36)37/h6-15,31H,1-5H3,(H,30,34)/b29-16+. The number of carbonyl (C=O) groups is 1. The van der Waals surface area contributed by atoms with Gasteiger partial charge in [-0.25, -0.2) is 10.1 Å². The van der Waals surface area contributed by atoms with Crippen LogP contribution < -0.4 is 29.9 Å². The molecule has 0 spiro atoms. The summed E-state index contributed by atoms with van der Waals surface area (Å²) in [6.07, 6.45) is 0. The quantitative estimate of drug-likeness (QED) is 0.167. The summed E-state index contributed by atoms with van der Waals surface area (Å²) in [5, 5.41) is 18.4. The fraction of sp³-hybridized carbons (Fsp3) is 0.179. The van der Waals surface area contributed by atoms with Crippen LogP contribution in [0.1, 0.15) is 22.8 Å². The molecule has 4 aromatic rings. The lowest BCUT2D eigenvalue weighted by Gasteiger charge is -2.13. The number of H-pyrrole nitrogens is 1. The maximum atomic E-state index is 13.6. The fourth-order valence-electron chi connectivity index (χ4n) is 4.11. The van der Waals surface area contributed by atoms with Gasteiger partial charge in [-0.05, 0) is 55.5 Å². The number of nitro benzene ring substituents is 1. The molecule has 0 aliphatic carbocycles. The summed E-state index contributed by atoms with van der Waals surface area (Å²) in [7, 11) is 5.86. The van der Waals surface area contributed by atoms with Crippen molar-refractivity contribution in [3.63, 3.8) is 0 Å². The number of hydrazone groups is 1. The zero-order chi connectivity index (χ0) is 29.7. The highest BCUT2D eigenvalue weighted by Crippen LogP contribution is 2.38. The van der Waals surface area contributed by atoms with Crippen molar-refractivity contribution in [3.8, 4) is 39.9 Å². The van der Waals surface area contributed by atoms with E-state index >= 15 is 0 Å². The van der Waals surface area contributed by atoms with Crippen molar-refractivity contribution in [2.75, 3.05) is 28.4 Å². The van der Waals surface area contributed by atoms with Crippen molar-refractivity contribution in [2.45, 2.75) is 6.92 Å². The average molecular weight is 562 g/mol. The van der Waals surface area contributed by atoms with Gasteiger partial charge < -0.3 is 18.9 Å². The lowest BCUT2D eigenvalue weighted by molar-refractivity contribution is -0.384. The molecule has 0 saturated carbocycles. The second-order valence-electron chi connectivity index (χ2n) is 8.56. The number of nitro groups is 1. The number of rotatable bonds is 10. The second kappa shape index (κ2) is 12.1. The molecule has 0 saturated heterocycles.